The van der Waals surface area contributed by atoms with Crippen molar-refractivity contribution in [1.82, 2.24) is 4.98 Å². The molecule has 3 heteroatoms. The molecule has 1 heterocycles. The number of methoxy groups -OCH3 is 2. The Labute approximate surface area is 124 Å². The first-order chi connectivity index (χ1) is 10.2. The van der Waals surface area contributed by atoms with Crippen LogP contribution in [0.1, 0.15) is 5.56 Å². The second-order valence-corrected chi connectivity index (χ2v) is 4.94. The maximum atomic E-state index is 5.36. The molecule has 0 aliphatic heterocycles. The highest BCUT2D eigenvalue weighted by Crippen LogP contribution is 2.32. The van der Waals surface area contributed by atoms with Gasteiger partial charge >= 0.3 is 0 Å². The molecule has 0 radical (unpaired) electrons. The van der Waals surface area contributed by atoms with Crippen molar-refractivity contribution in [3.63, 3.8) is 0 Å². The molecular formula is C18H17NO2. The number of fused-ring (bicyclic) bond motifs is 1. The van der Waals surface area contributed by atoms with E-state index in [1.807, 2.05) is 24.4 Å². The Bertz CT molecular complexity index is 796. The maximum Gasteiger partial charge on any atom is 0.161 e. The molecule has 21 heavy (non-hydrogen) atoms. The molecule has 3 rings (SSSR count). The van der Waals surface area contributed by atoms with Crippen LogP contribution in [0.2, 0.25) is 0 Å². The molecule has 0 saturated carbocycles. The zero-order chi connectivity index (χ0) is 14.8. The molecule has 2 aromatic carbocycles. The summed E-state index contributed by atoms with van der Waals surface area (Å²) in [5.74, 6) is 1.43. The van der Waals surface area contributed by atoms with Crippen LogP contribution in [0.4, 0.5) is 0 Å². The predicted molar refractivity (Wildman–Crippen MR) is 85.0 cm³/mol. The fourth-order valence-corrected chi connectivity index (χ4v) is 2.48. The minimum atomic E-state index is 0.710. The van der Waals surface area contributed by atoms with Gasteiger partial charge in [-0.3, -0.25) is 4.98 Å². The van der Waals surface area contributed by atoms with Gasteiger partial charge in [-0.05, 0) is 42.1 Å². The van der Waals surface area contributed by atoms with Crippen LogP contribution in [0.5, 0.6) is 11.5 Å². The van der Waals surface area contributed by atoms with Crippen LogP contribution in [0.15, 0.2) is 48.7 Å². The van der Waals surface area contributed by atoms with E-state index >= 15 is 0 Å². The SMILES string of the molecule is COc1ccc(-c2cc3c(C)cccc3cn2)cc1OC. The molecule has 0 fully saturated rings. The molecule has 1 aromatic heterocycles. The van der Waals surface area contributed by atoms with Crippen molar-refractivity contribution in [2.24, 2.45) is 0 Å². The largest absolute Gasteiger partial charge is 0.493 e. The van der Waals surface area contributed by atoms with Crippen LogP contribution < -0.4 is 9.47 Å². The Morgan fingerprint density at radius 2 is 1.71 bits per heavy atom. The van der Waals surface area contributed by atoms with E-state index in [1.54, 1.807) is 14.2 Å². The Morgan fingerprint density at radius 3 is 2.48 bits per heavy atom. The zero-order valence-electron chi connectivity index (χ0n) is 12.4. The number of aromatic nitrogens is 1. The molecule has 106 valence electrons. The van der Waals surface area contributed by atoms with Crippen molar-refractivity contribution in [2.75, 3.05) is 14.2 Å². The third-order valence-electron chi connectivity index (χ3n) is 3.66. The summed E-state index contributed by atoms with van der Waals surface area (Å²) in [7, 11) is 3.27. The van der Waals surface area contributed by atoms with Crippen molar-refractivity contribution < 1.29 is 9.47 Å². The lowest BCUT2D eigenvalue weighted by molar-refractivity contribution is 0.355. The Hall–Kier alpha value is -2.55. The molecular weight excluding hydrogens is 262 g/mol. The normalized spacial score (nSPS) is 10.6. The number of pyridine rings is 1. The van der Waals surface area contributed by atoms with Gasteiger partial charge in [0.05, 0.1) is 19.9 Å². The first-order valence-electron chi connectivity index (χ1n) is 6.80. The van der Waals surface area contributed by atoms with Gasteiger partial charge in [0.1, 0.15) is 0 Å². The van der Waals surface area contributed by atoms with Crippen molar-refractivity contribution >= 4 is 10.8 Å². The Balaban J connectivity index is 2.14. The second kappa shape index (κ2) is 5.44. The summed E-state index contributed by atoms with van der Waals surface area (Å²) in [6, 6.07) is 14.2. The van der Waals surface area contributed by atoms with Crippen LogP contribution in [0, 0.1) is 6.92 Å². The number of hydrogen-bond acceptors (Lipinski definition) is 3. The predicted octanol–water partition coefficient (Wildman–Crippen LogP) is 4.23. The molecule has 0 unspecified atom stereocenters. The Morgan fingerprint density at radius 1 is 0.905 bits per heavy atom. The van der Waals surface area contributed by atoms with Gasteiger partial charge in [0, 0.05) is 17.1 Å². The minimum absolute atomic E-state index is 0.710. The van der Waals surface area contributed by atoms with Crippen LogP contribution >= 0.6 is 0 Å². The molecule has 0 aliphatic carbocycles. The average Bonchev–Trinajstić information content (AvgIpc) is 2.54. The third-order valence-corrected chi connectivity index (χ3v) is 3.66. The monoisotopic (exact) mass is 279 g/mol. The van der Waals surface area contributed by atoms with E-state index in [2.05, 4.69) is 36.2 Å². The van der Waals surface area contributed by atoms with Gasteiger partial charge in [0.25, 0.3) is 0 Å². The van der Waals surface area contributed by atoms with Gasteiger partial charge in [-0.2, -0.15) is 0 Å². The molecule has 0 bridgehead atoms. The lowest BCUT2D eigenvalue weighted by atomic mass is 10.0. The smallest absolute Gasteiger partial charge is 0.161 e. The minimum Gasteiger partial charge on any atom is -0.493 e. The first kappa shape index (κ1) is 13.4. The third kappa shape index (κ3) is 2.42. The van der Waals surface area contributed by atoms with Crippen molar-refractivity contribution in [3.8, 4) is 22.8 Å². The van der Waals surface area contributed by atoms with Gasteiger partial charge in [0.15, 0.2) is 11.5 Å². The van der Waals surface area contributed by atoms with Crippen molar-refractivity contribution in [1.29, 1.82) is 0 Å². The standard InChI is InChI=1S/C18H17NO2/c1-12-5-4-6-14-11-19-16(10-15(12)14)13-7-8-17(20-2)18(9-13)21-3/h4-11H,1-3H3. The fraction of sp³-hybridized carbons (Fsp3) is 0.167. The maximum absolute atomic E-state index is 5.36. The number of rotatable bonds is 3. The summed E-state index contributed by atoms with van der Waals surface area (Å²) in [6.07, 6.45) is 1.91. The van der Waals surface area contributed by atoms with Gasteiger partial charge in [-0.25, -0.2) is 0 Å². The van der Waals surface area contributed by atoms with E-state index in [-0.39, 0.29) is 0 Å². The molecule has 0 spiro atoms. The molecule has 0 N–H and O–H groups in total. The topological polar surface area (TPSA) is 31.4 Å². The lowest BCUT2D eigenvalue weighted by Gasteiger charge is -2.10. The highest BCUT2D eigenvalue weighted by atomic mass is 16.5. The quantitative estimate of drug-likeness (QED) is 0.719. The summed E-state index contributed by atoms with van der Waals surface area (Å²) >= 11 is 0. The van der Waals surface area contributed by atoms with E-state index in [9.17, 15) is 0 Å². The van der Waals surface area contributed by atoms with Crippen molar-refractivity contribution in [2.45, 2.75) is 6.92 Å². The van der Waals surface area contributed by atoms with E-state index in [4.69, 9.17) is 9.47 Å². The van der Waals surface area contributed by atoms with Crippen molar-refractivity contribution in [3.05, 3.63) is 54.2 Å². The van der Waals surface area contributed by atoms with Gasteiger partial charge < -0.3 is 9.47 Å². The highest BCUT2D eigenvalue weighted by molar-refractivity contribution is 5.88. The summed E-state index contributed by atoms with van der Waals surface area (Å²) in [5, 5.41) is 2.37. The van der Waals surface area contributed by atoms with Crippen LogP contribution in [0.25, 0.3) is 22.0 Å². The summed E-state index contributed by atoms with van der Waals surface area (Å²) in [5.41, 5.74) is 3.19. The lowest BCUT2D eigenvalue weighted by Crippen LogP contribution is -1.92. The number of aryl methyl sites for hydroxylation is 1. The molecule has 0 aliphatic rings. The summed E-state index contributed by atoms with van der Waals surface area (Å²) < 4.78 is 10.6. The average molecular weight is 279 g/mol. The second-order valence-electron chi connectivity index (χ2n) is 4.94. The number of hydrogen-bond donors (Lipinski definition) is 0. The van der Waals surface area contributed by atoms with E-state index in [0.717, 1.165) is 22.4 Å². The first-order valence-corrected chi connectivity index (χ1v) is 6.80. The zero-order valence-corrected chi connectivity index (χ0v) is 12.4. The van der Waals surface area contributed by atoms with Gasteiger partial charge in [-0.1, -0.05) is 18.2 Å². The van der Waals surface area contributed by atoms with Crippen LogP contribution in [-0.4, -0.2) is 19.2 Å². The summed E-state index contributed by atoms with van der Waals surface area (Å²) in [6.45, 7) is 2.11. The molecule has 0 amide bonds. The summed E-state index contributed by atoms with van der Waals surface area (Å²) in [4.78, 5) is 4.55. The number of benzene rings is 2. The van der Waals surface area contributed by atoms with E-state index < -0.39 is 0 Å². The van der Waals surface area contributed by atoms with E-state index in [0.29, 0.717) is 5.75 Å². The molecule has 0 atom stereocenters. The van der Waals surface area contributed by atoms with Gasteiger partial charge in [0.2, 0.25) is 0 Å². The van der Waals surface area contributed by atoms with Crippen LogP contribution in [0.3, 0.4) is 0 Å². The molecule has 0 saturated heterocycles. The van der Waals surface area contributed by atoms with Gasteiger partial charge in [-0.15, -0.1) is 0 Å². The number of ether oxygens (including phenoxy) is 2. The van der Waals surface area contributed by atoms with Crippen LogP contribution in [-0.2, 0) is 0 Å². The molecule has 3 aromatic rings. The Kier molecular flexibility index (Phi) is 3.48. The fourth-order valence-electron chi connectivity index (χ4n) is 2.48. The molecule has 3 nitrogen and oxygen atoms in total. The van der Waals surface area contributed by atoms with E-state index in [1.165, 1.54) is 10.9 Å². The number of nitrogens with zero attached hydrogens (tertiary/aromatic N) is 1. The highest BCUT2D eigenvalue weighted by Gasteiger charge is 2.08.